The Morgan fingerprint density at radius 1 is 0.569 bits per heavy atom. The molecule has 0 atom stereocenters. The summed E-state index contributed by atoms with van der Waals surface area (Å²) < 4.78 is 28.4. The highest BCUT2D eigenvalue weighted by atomic mass is 35.5. The number of imidazole rings is 3. The van der Waals surface area contributed by atoms with Crippen molar-refractivity contribution < 1.29 is 47.9 Å². The number of nitrogens with zero attached hydrogens (tertiary/aromatic N) is 10. The number of carbonyl (C=O) groups is 3. The summed E-state index contributed by atoms with van der Waals surface area (Å²) in [5.74, 6) is 4.15. The molecule has 0 fully saturated rings. The molecule has 30 heteroatoms. The maximum Gasteiger partial charge on any atom is 0.280 e. The molecular weight excluding hydrogens is 1340 g/mol. The molecule has 0 aliphatic heterocycles. The molecule has 7 heterocycles. The van der Waals surface area contributed by atoms with Crippen LogP contribution in [-0.2, 0) is 11.5 Å². The van der Waals surface area contributed by atoms with Gasteiger partial charge in [-0.2, -0.15) is 0 Å². The average Bonchev–Trinajstić information content (AvgIpc) is 1.64. The molecule has 522 valence electrons. The van der Waals surface area contributed by atoms with Crippen molar-refractivity contribution in [3.05, 3.63) is 244 Å². The molecule has 0 aliphatic carbocycles. The van der Waals surface area contributed by atoms with Crippen LogP contribution in [0, 0.1) is 20.2 Å². The second kappa shape index (κ2) is 36.0. The van der Waals surface area contributed by atoms with Gasteiger partial charge in [-0.25, -0.2) is 34.9 Å². The lowest BCUT2D eigenvalue weighted by Crippen LogP contribution is -2.22. The van der Waals surface area contributed by atoms with Crippen LogP contribution in [0.15, 0.2) is 207 Å². The fourth-order valence-electron chi connectivity index (χ4n) is 9.41. The number of H-pyrrole nitrogens is 2. The topological polar surface area (TPSA) is 400 Å². The zero-order valence-electron chi connectivity index (χ0n) is 56.3. The van der Waals surface area contributed by atoms with Crippen LogP contribution < -0.4 is 41.5 Å². The third-order valence-electron chi connectivity index (χ3n) is 14.6. The molecule has 0 radical (unpaired) electrons. The van der Waals surface area contributed by atoms with Crippen LogP contribution in [0.5, 0.6) is 23.0 Å². The Balaban J connectivity index is 0.000000163. The van der Waals surface area contributed by atoms with Crippen LogP contribution in [-0.4, -0.2) is 120 Å². The summed E-state index contributed by atoms with van der Waals surface area (Å²) in [6.07, 6.45) is 7.18. The van der Waals surface area contributed by atoms with Crippen LogP contribution in [0.4, 0.5) is 34.3 Å². The second-order valence-corrected chi connectivity index (χ2v) is 28.6. The highest BCUT2D eigenvalue weighted by Gasteiger charge is 2.21. The van der Waals surface area contributed by atoms with Gasteiger partial charge in [0.25, 0.3) is 22.5 Å². The Kier molecular flexibility index (Phi) is 26.4. The normalized spacial score (nSPS) is 10.5. The summed E-state index contributed by atoms with van der Waals surface area (Å²) >= 11 is 5.29. The molecule has 9 N–H and O–H groups in total. The molecule has 1 amide bonds. The molecule has 28 nitrogen and oxygen atoms in total. The number of nitrogens with one attached hydrogen (secondary N) is 3. The minimum atomic E-state index is -1.10. The van der Waals surface area contributed by atoms with Gasteiger partial charge in [0.15, 0.2) is 46.2 Å². The zero-order chi connectivity index (χ0) is 73.3. The van der Waals surface area contributed by atoms with Crippen LogP contribution in [0.2, 0.25) is 25.7 Å². The van der Waals surface area contributed by atoms with Gasteiger partial charge in [0.1, 0.15) is 35.5 Å². The number of fused-ring (bicyclic) bond motifs is 3. The van der Waals surface area contributed by atoms with Crippen molar-refractivity contribution in [1.82, 2.24) is 49.4 Å². The third kappa shape index (κ3) is 20.1. The van der Waals surface area contributed by atoms with Crippen molar-refractivity contribution in [2.75, 3.05) is 57.6 Å². The summed E-state index contributed by atoms with van der Waals surface area (Å²) in [4.78, 5) is 90.3. The van der Waals surface area contributed by atoms with Gasteiger partial charge in [-0.05, 0) is 139 Å². The molecule has 13 rings (SSSR count). The second-order valence-electron chi connectivity index (χ2n) is 22.7. The number of methoxy groups -OCH3 is 4. The van der Waals surface area contributed by atoms with Gasteiger partial charge in [0.05, 0.1) is 71.8 Å². The molecule has 0 saturated carbocycles. The number of para-hydroxylation sites is 4. The molecule has 0 saturated heterocycles. The highest BCUT2D eigenvalue weighted by molar-refractivity contribution is 6.76. The molecule has 0 bridgehead atoms. The van der Waals surface area contributed by atoms with E-state index in [4.69, 9.17) is 57.5 Å². The first-order valence-electron chi connectivity index (χ1n) is 30.9. The summed E-state index contributed by atoms with van der Waals surface area (Å²) in [5.41, 5.74) is 26.0. The van der Waals surface area contributed by atoms with Crippen molar-refractivity contribution >= 4 is 105 Å². The summed E-state index contributed by atoms with van der Waals surface area (Å²) in [7, 11) is 5.01. The van der Waals surface area contributed by atoms with Crippen molar-refractivity contribution in [2.24, 2.45) is 0 Å². The van der Waals surface area contributed by atoms with Crippen molar-refractivity contribution in [1.29, 1.82) is 0 Å². The Morgan fingerprint density at radius 2 is 1.07 bits per heavy atom. The van der Waals surface area contributed by atoms with Crippen molar-refractivity contribution in [3.8, 4) is 57.2 Å². The lowest BCUT2D eigenvalue weighted by molar-refractivity contribution is -0.385. The van der Waals surface area contributed by atoms with Gasteiger partial charge in [-0.1, -0.05) is 68.2 Å². The number of nitrogen functional groups attached to an aromatic ring is 3. The number of nitro groups is 2. The molecule has 0 unspecified atom stereocenters. The number of halogens is 1. The van der Waals surface area contributed by atoms with Crippen LogP contribution >= 0.6 is 11.6 Å². The Hall–Kier alpha value is -13.0. The smallest absolute Gasteiger partial charge is 0.280 e. The first kappa shape index (κ1) is 74.8. The van der Waals surface area contributed by atoms with E-state index in [1.54, 1.807) is 105 Å². The van der Waals surface area contributed by atoms with Gasteiger partial charge in [-0.15, -0.1) is 0 Å². The number of anilines is 4. The van der Waals surface area contributed by atoms with Gasteiger partial charge in [0, 0.05) is 79.5 Å². The standard InChI is InChI=1S/C21H18N4O3.C18H24N4OSi.C12H8N4O2.C9H9ClO3.C7H5NO3.C5H7N3/c1-27-17-10-9-13(12-18(17)28-2)21(26)24-15-7-4-3-6-14(15)19-23-16-8-5-11-22-20(16)25-19;1-24(2,3)12-11-23-13-22-17(14-7-4-5-8-15(14)19)21-16-9-6-10-20-18(16)22;17-16(18)10-6-2-1-4-8(10)11-14-9-5-3-7-13-12(9)15-11;1-12-7-4-3-6(9(10)11)5-8(7)13-2;9-5-6-3-1-2-4-7(6)8(10)11;6-4-2-1-3-8-5(4)7/h3-12H,1-2H3,(H,24,26)(H,22,23,25);4-10H,11-13,19H2,1-3H3;1-7H,(H,13,14,15);3-5H,1-2H3;1-5H;1-3H,6H2,(H2,7,8). The molecular formula is C72H71ClN16O12Si. The first-order valence-corrected chi connectivity index (χ1v) is 35.0. The average molecular weight is 1420 g/mol. The van der Waals surface area contributed by atoms with E-state index in [0.717, 1.165) is 51.8 Å². The number of ether oxygens (including phenoxy) is 5. The van der Waals surface area contributed by atoms with E-state index in [2.05, 4.69) is 64.8 Å². The molecule has 13 aromatic rings. The van der Waals surface area contributed by atoms with E-state index in [1.807, 2.05) is 83.4 Å². The number of aldehydes is 1. The monoisotopic (exact) mass is 1410 g/mol. The van der Waals surface area contributed by atoms with E-state index in [0.29, 0.717) is 98.5 Å². The number of hydrogen-bond donors (Lipinski definition) is 6. The van der Waals surface area contributed by atoms with Crippen molar-refractivity contribution in [3.63, 3.8) is 0 Å². The maximum atomic E-state index is 12.8. The van der Waals surface area contributed by atoms with Crippen LogP contribution in [0.3, 0.4) is 0 Å². The van der Waals surface area contributed by atoms with Gasteiger partial charge in [0.2, 0.25) is 0 Å². The SMILES string of the molecule is COc1ccc(C(=O)Cl)cc1OC.COc1ccc(C(=O)Nc2ccccc2-c2nc3ncccc3[nH]2)cc1OC.C[Si](C)(C)CCOCn1c(-c2ccccc2N)nc2cccnc21.Nc1cccnc1N.O=Cc1ccccc1[N+](=O)[O-].O=[N+]([O-])c1ccccc1-c1nc2ncccc2[nH]1. The third-order valence-corrected chi connectivity index (χ3v) is 16.5. The predicted molar refractivity (Wildman–Crippen MR) is 396 cm³/mol. The van der Waals surface area contributed by atoms with Gasteiger partial charge >= 0.3 is 0 Å². The van der Waals surface area contributed by atoms with E-state index in [-0.39, 0.29) is 22.8 Å². The minimum Gasteiger partial charge on any atom is -0.493 e. The van der Waals surface area contributed by atoms with E-state index >= 15 is 0 Å². The number of nitro benzene ring substituents is 2. The van der Waals surface area contributed by atoms with E-state index in [9.17, 15) is 34.6 Å². The van der Waals surface area contributed by atoms with E-state index in [1.165, 1.54) is 51.7 Å². The first-order chi connectivity index (χ1) is 49.1. The summed E-state index contributed by atoms with van der Waals surface area (Å²) in [5, 5.41) is 23.6. The van der Waals surface area contributed by atoms with Gasteiger partial charge < -0.3 is 56.2 Å². The Bertz CT molecular complexity index is 4960. The number of aromatic amines is 2. The summed E-state index contributed by atoms with van der Waals surface area (Å²) in [6.45, 7) is 8.23. The van der Waals surface area contributed by atoms with Crippen LogP contribution in [0.1, 0.15) is 31.1 Å². The predicted octanol–water partition coefficient (Wildman–Crippen LogP) is 14.2. The number of carbonyl (C=O) groups excluding carboxylic acids is 3. The number of amides is 1. The molecule has 0 spiro atoms. The fourth-order valence-corrected chi connectivity index (χ4v) is 10.3. The number of benzene rings is 6. The maximum absolute atomic E-state index is 12.8. The quantitative estimate of drug-likeness (QED) is 0.00883. The number of nitrogens with two attached hydrogens (primary N) is 3. The number of rotatable bonds is 18. The number of aromatic nitrogens is 10. The van der Waals surface area contributed by atoms with Gasteiger partial charge in [-0.3, -0.25) is 39.2 Å². The minimum absolute atomic E-state index is 0.0246. The Labute approximate surface area is 590 Å². The van der Waals surface area contributed by atoms with Crippen molar-refractivity contribution in [2.45, 2.75) is 32.4 Å². The zero-order valence-corrected chi connectivity index (χ0v) is 58.1. The molecule has 102 heavy (non-hydrogen) atoms. The van der Waals surface area contributed by atoms with E-state index < -0.39 is 23.2 Å². The molecule has 0 aliphatic rings. The van der Waals surface area contributed by atoms with Crippen LogP contribution in [0.25, 0.3) is 67.7 Å². The highest BCUT2D eigenvalue weighted by Crippen LogP contribution is 2.33. The largest absolute Gasteiger partial charge is 0.493 e. The lowest BCUT2D eigenvalue weighted by Gasteiger charge is -2.16. The number of pyridine rings is 4. The molecule has 7 aromatic heterocycles. The fraction of sp³-hybridized carbons (Fsp3) is 0.139. The number of hydrogen-bond acceptors (Lipinski definition) is 22. The molecule has 6 aromatic carbocycles. The summed E-state index contributed by atoms with van der Waals surface area (Å²) in [6, 6.07) is 53.1. The lowest BCUT2D eigenvalue weighted by atomic mass is 10.1. The Morgan fingerprint density at radius 3 is 1.61 bits per heavy atom.